The average Bonchev–Trinajstić information content (AvgIpc) is 3.32. The van der Waals surface area contributed by atoms with Gasteiger partial charge in [-0.15, -0.1) is 0 Å². The normalized spacial score (nSPS) is 15.8. The van der Waals surface area contributed by atoms with Gasteiger partial charge in [-0.2, -0.15) is 0 Å². The molecule has 36 heavy (non-hydrogen) atoms. The smallest absolute Gasteiger partial charge is 0.344 e. The SMILES string of the molecule is CCOC(=O)Cn1cc(/C=C2\SC(=Nc3ccc(Cl)cc3)C(C(=O)OCC)=C2O)c2cc(Br)ccc21. The molecule has 0 saturated heterocycles. The molecule has 1 aromatic heterocycles. The summed E-state index contributed by atoms with van der Waals surface area (Å²) in [5.41, 5.74) is 2.15. The highest BCUT2D eigenvalue weighted by Gasteiger charge is 2.33. The molecule has 0 amide bonds. The van der Waals surface area contributed by atoms with Gasteiger partial charge in [0.1, 0.15) is 22.9 Å². The zero-order chi connectivity index (χ0) is 25.8. The van der Waals surface area contributed by atoms with Crippen molar-refractivity contribution in [1.29, 1.82) is 0 Å². The minimum atomic E-state index is -0.661. The number of aliphatic imine (C=N–C) groups is 1. The first-order valence-electron chi connectivity index (χ1n) is 11.1. The molecule has 0 atom stereocenters. The lowest BCUT2D eigenvalue weighted by Crippen LogP contribution is -2.12. The first-order chi connectivity index (χ1) is 17.3. The van der Waals surface area contributed by atoms with Gasteiger partial charge < -0.3 is 19.1 Å². The summed E-state index contributed by atoms with van der Waals surface area (Å²) in [6.45, 7) is 3.95. The Morgan fingerprint density at radius 2 is 1.86 bits per heavy atom. The molecule has 0 spiro atoms. The Labute approximate surface area is 225 Å². The molecule has 0 fully saturated rings. The Hall–Kier alpha value is -3.01. The minimum Gasteiger partial charge on any atom is -0.506 e. The van der Waals surface area contributed by atoms with E-state index in [0.717, 1.165) is 32.7 Å². The number of aliphatic hydroxyl groups is 1. The second kappa shape index (κ2) is 11.4. The van der Waals surface area contributed by atoms with E-state index in [1.54, 1.807) is 48.8 Å². The van der Waals surface area contributed by atoms with Crippen LogP contribution >= 0.6 is 39.3 Å². The first kappa shape index (κ1) is 26.1. The topological polar surface area (TPSA) is 90.1 Å². The van der Waals surface area contributed by atoms with Gasteiger partial charge in [-0.25, -0.2) is 9.79 Å². The van der Waals surface area contributed by atoms with Crippen LogP contribution in [0.4, 0.5) is 5.69 Å². The molecule has 0 unspecified atom stereocenters. The summed E-state index contributed by atoms with van der Waals surface area (Å²) in [6, 6.07) is 12.5. The van der Waals surface area contributed by atoms with E-state index in [4.69, 9.17) is 21.1 Å². The Morgan fingerprint density at radius 1 is 1.14 bits per heavy atom. The van der Waals surface area contributed by atoms with Crippen LogP contribution in [0.5, 0.6) is 0 Å². The van der Waals surface area contributed by atoms with Crippen molar-refractivity contribution in [3.05, 3.63) is 80.0 Å². The molecule has 0 saturated carbocycles. The van der Waals surface area contributed by atoms with Gasteiger partial charge in [0.15, 0.2) is 0 Å². The van der Waals surface area contributed by atoms with E-state index in [-0.39, 0.29) is 30.5 Å². The quantitative estimate of drug-likeness (QED) is 0.304. The molecule has 1 aliphatic rings. The largest absolute Gasteiger partial charge is 0.506 e. The number of nitrogens with zero attached hydrogens (tertiary/aromatic N) is 2. The van der Waals surface area contributed by atoms with Crippen LogP contribution in [0.3, 0.4) is 0 Å². The average molecular weight is 590 g/mol. The Kier molecular flexibility index (Phi) is 8.23. The second-order valence-corrected chi connectivity index (χ2v) is 10.0. The van der Waals surface area contributed by atoms with E-state index in [1.807, 2.05) is 24.4 Å². The fourth-order valence-corrected chi connectivity index (χ4v) is 5.17. The summed E-state index contributed by atoms with van der Waals surface area (Å²) in [4.78, 5) is 29.8. The van der Waals surface area contributed by atoms with E-state index < -0.39 is 5.97 Å². The number of ether oxygens (including phenoxy) is 2. The fourth-order valence-electron chi connectivity index (χ4n) is 3.65. The molecule has 3 aromatic rings. The molecule has 1 N–H and O–H groups in total. The number of benzene rings is 2. The molecule has 10 heteroatoms. The third-order valence-corrected chi connectivity index (χ3v) is 6.96. The second-order valence-electron chi connectivity index (χ2n) is 7.63. The van der Waals surface area contributed by atoms with Crippen molar-refractivity contribution in [3.8, 4) is 0 Å². The number of hydrogen-bond donors (Lipinski definition) is 1. The summed E-state index contributed by atoms with van der Waals surface area (Å²) >= 11 is 10.6. The van der Waals surface area contributed by atoms with Crippen molar-refractivity contribution >= 4 is 78.9 Å². The zero-order valence-electron chi connectivity index (χ0n) is 19.5. The standard InChI is InChI=1S/C26H22BrClN2O5S/c1-3-34-22(31)14-30-13-15(19-12-16(27)5-10-20(19)30)11-21-24(32)23(26(33)35-4-2)25(36-21)29-18-8-6-17(28)7-9-18/h5-13,32H,3-4,14H2,1-2H3/b21-11-,29-25?. The van der Waals surface area contributed by atoms with Crippen molar-refractivity contribution in [3.63, 3.8) is 0 Å². The number of aromatic nitrogens is 1. The monoisotopic (exact) mass is 588 g/mol. The molecular weight excluding hydrogens is 568 g/mol. The number of esters is 2. The maximum atomic E-state index is 12.7. The predicted molar refractivity (Wildman–Crippen MR) is 147 cm³/mol. The highest BCUT2D eigenvalue weighted by atomic mass is 79.9. The lowest BCUT2D eigenvalue weighted by Gasteiger charge is -2.04. The number of rotatable bonds is 7. The van der Waals surface area contributed by atoms with E-state index in [9.17, 15) is 14.7 Å². The van der Waals surface area contributed by atoms with Crippen LogP contribution in [0.25, 0.3) is 17.0 Å². The Balaban J connectivity index is 1.80. The number of thioether (sulfide) groups is 1. The van der Waals surface area contributed by atoms with Crippen LogP contribution in [-0.4, -0.2) is 39.9 Å². The van der Waals surface area contributed by atoms with Gasteiger partial charge in [-0.05, 0) is 62.4 Å². The number of fused-ring (bicyclic) bond motifs is 1. The zero-order valence-corrected chi connectivity index (χ0v) is 22.6. The molecule has 0 bridgehead atoms. The fraction of sp³-hybridized carbons (Fsp3) is 0.192. The number of carbonyl (C=O) groups excluding carboxylic acids is 2. The van der Waals surface area contributed by atoms with Crippen LogP contribution in [0.15, 0.2) is 74.4 Å². The van der Waals surface area contributed by atoms with Crippen LogP contribution in [-0.2, 0) is 25.6 Å². The maximum Gasteiger partial charge on any atom is 0.344 e. The van der Waals surface area contributed by atoms with E-state index in [0.29, 0.717) is 27.3 Å². The molecule has 1 aliphatic heterocycles. The summed E-state index contributed by atoms with van der Waals surface area (Å²) in [5, 5.41) is 12.8. The van der Waals surface area contributed by atoms with Crippen LogP contribution < -0.4 is 0 Å². The van der Waals surface area contributed by atoms with Crippen molar-refractivity contribution in [2.75, 3.05) is 13.2 Å². The lowest BCUT2D eigenvalue weighted by molar-refractivity contribution is -0.143. The summed E-state index contributed by atoms with van der Waals surface area (Å²) < 4.78 is 12.9. The third-order valence-electron chi connectivity index (χ3n) is 5.19. The van der Waals surface area contributed by atoms with E-state index >= 15 is 0 Å². The lowest BCUT2D eigenvalue weighted by atomic mass is 10.1. The van der Waals surface area contributed by atoms with Crippen molar-refractivity contribution in [1.82, 2.24) is 4.57 Å². The van der Waals surface area contributed by atoms with Crippen molar-refractivity contribution in [2.45, 2.75) is 20.4 Å². The van der Waals surface area contributed by atoms with Gasteiger partial charge >= 0.3 is 11.9 Å². The van der Waals surface area contributed by atoms with Gasteiger partial charge in [-0.3, -0.25) is 4.79 Å². The number of aliphatic hydroxyl groups excluding tert-OH is 1. The summed E-state index contributed by atoms with van der Waals surface area (Å²) in [6.07, 6.45) is 3.58. The van der Waals surface area contributed by atoms with Crippen LogP contribution in [0.1, 0.15) is 19.4 Å². The predicted octanol–water partition coefficient (Wildman–Crippen LogP) is 6.81. The molecule has 7 nitrogen and oxygen atoms in total. The molecule has 4 rings (SSSR count). The first-order valence-corrected chi connectivity index (χ1v) is 13.1. The molecule has 186 valence electrons. The molecule has 2 aromatic carbocycles. The third kappa shape index (κ3) is 5.69. The van der Waals surface area contributed by atoms with Gasteiger partial charge in [0.25, 0.3) is 0 Å². The highest BCUT2D eigenvalue weighted by Crippen LogP contribution is 2.41. The molecular formula is C26H22BrClN2O5S. The van der Waals surface area contributed by atoms with E-state index in [1.165, 1.54) is 0 Å². The van der Waals surface area contributed by atoms with E-state index in [2.05, 4.69) is 20.9 Å². The summed E-state index contributed by atoms with van der Waals surface area (Å²) in [5.74, 6) is -1.23. The molecule has 0 aliphatic carbocycles. The van der Waals surface area contributed by atoms with Crippen molar-refractivity contribution in [2.24, 2.45) is 4.99 Å². The Morgan fingerprint density at radius 3 is 2.56 bits per heavy atom. The van der Waals surface area contributed by atoms with Crippen LogP contribution in [0.2, 0.25) is 5.02 Å². The summed E-state index contributed by atoms with van der Waals surface area (Å²) in [7, 11) is 0. The number of halogens is 2. The number of hydrogen-bond acceptors (Lipinski definition) is 7. The van der Waals surface area contributed by atoms with Gasteiger partial charge in [0.05, 0.1) is 23.8 Å². The minimum absolute atomic E-state index is 0.000470. The maximum absolute atomic E-state index is 12.7. The molecule has 0 radical (unpaired) electrons. The highest BCUT2D eigenvalue weighted by molar-refractivity contribution is 9.10. The number of carbonyl (C=O) groups is 2. The Bertz CT molecular complexity index is 1430. The van der Waals surface area contributed by atoms with Gasteiger partial charge in [0, 0.05) is 32.2 Å². The molecule has 2 heterocycles. The van der Waals surface area contributed by atoms with Gasteiger partial charge in [0.2, 0.25) is 0 Å². The van der Waals surface area contributed by atoms with Crippen LogP contribution in [0, 0.1) is 0 Å². The van der Waals surface area contributed by atoms with Gasteiger partial charge in [-0.1, -0.05) is 39.3 Å². The van der Waals surface area contributed by atoms with Crippen molar-refractivity contribution < 1.29 is 24.2 Å².